The second kappa shape index (κ2) is 11.5. The lowest BCUT2D eigenvalue weighted by atomic mass is 9.95. The number of hydrogen-bond donors (Lipinski definition) is 0. The summed E-state index contributed by atoms with van der Waals surface area (Å²) in [5, 5.41) is 2.17. The van der Waals surface area contributed by atoms with E-state index in [2.05, 4.69) is 158 Å². The van der Waals surface area contributed by atoms with Crippen molar-refractivity contribution in [3.63, 3.8) is 0 Å². The van der Waals surface area contributed by atoms with Gasteiger partial charge < -0.3 is 0 Å². The molecule has 2 nitrogen and oxygen atoms in total. The predicted molar refractivity (Wildman–Crippen MR) is 179 cm³/mol. The molecule has 0 spiro atoms. The average Bonchev–Trinajstić information content (AvgIpc) is 3.07. The molecule has 198 valence electrons. The van der Waals surface area contributed by atoms with E-state index in [1.165, 1.54) is 0 Å². The molecule has 0 bridgehead atoms. The van der Waals surface area contributed by atoms with Gasteiger partial charge in [-0.2, -0.15) is 0 Å². The highest BCUT2D eigenvalue weighted by Gasteiger charge is 2.15. The first-order valence-electron chi connectivity index (χ1n) is 14.2. The Balaban J connectivity index is 1.50. The lowest BCUT2D eigenvalue weighted by Crippen LogP contribution is -1.95. The molecule has 2 aromatic heterocycles. The number of pyridine rings is 2. The molecule has 0 saturated heterocycles. The fourth-order valence-corrected chi connectivity index (χ4v) is 5.39. The summed E-state index contributed by atoms with van der Waals surface area (Å²) in [5.41, 5.74) is 10.4. The van der Waals surface area contributed by atoms with E-state index in [0.29, 0.717) is 0 Å². The summed E-state index contributed by atoms with van der Waals surface area (Å²) in [7, 11) is 0. The Hall–Kier alpha value is -5.60. The predicted octanol–water partition coefficient (Wildman–Crippen LogP) is 10.5. The Morgan fingerprint density at radius 3 is 1.10 bits per heavy atom. The molecule has 0 aliphatic heterocycles. The first kappa shape index (κ1) is 25.4. The molecule has 0 radical (unpaired) electrons. The van der Waals surface area contributed by atoms with Crippen LogP contribution < -0.4 is 0 Å². The summed E-state index contributed by atoms with van der Waals surface area (Å²) in [6.45, 7) is 0. The van der Waals surface area contributed by atoms with Crippen molar-refractivity contribution < 1.29 is 0 Å². The lowest BCUT2D eigenvalue weighted by Gasteiger charge is -2.14. The fourth-order valence-electron chi connectivity index (χ4n) is 5.39. The van der Waals surface area contributed by atoms with E-state index in [1.54, 1.807) is 0 Å². The van der Waals surface area contributed by atoms with E-state index in [1.807, 2.05) is 12.1 Å². The maximum Gasteiger partial charge on any atom is 0.0978 e. The van der Waals surface area contributed by atoms with Crippen molar-refractivity contribution in [2.24, 2.45) is 0 Å². The van der Waals surface area contributed by atoms with Crippen LogP contribution in [0.25, 0.3) is 68.4 Å². The van der Waals surface area contributed by atoms with Gasteiger partial charge in [-0.25, -0.2) is 9.97 Å². The maximum atomic E-state index is 5.23. The molecule has 0 N–H and O–H groups in total. The third-order valence-electron chi connectivity index (χ3n) is 7.46. The summed E-state index contributed by atoms with van der Waals surface area (Å²) in [4.78, 5) is 10.5. The van der Waals surface area contributed by atoms with E-state index >= 15 is 0 Å². The van der Waals surface area contributed by atoms with Crippen LogP contribution in [0.5, 0.6) is 0 Å². The number of hydrogen-bond acceptors (Lipinski definition) is 2. The van der Waals surface area contributed by atoms with Crippen molar-refractivity contribution in [3.8, 4) is 22.3 Å². The summed E-state index contributed by atoms with van der Waals surface area (Å²) in [5.74, 6) is 0. The summed E-state index contributed by atoms with van der Waals surface area (Å²) in [6.07, 6.45) is 8.42. The average molecular weight is 537 g/mol. The van der Waals surface area contributed by atoms with Crippen molar-refractivity contribution in [1.82, 2.24) is 9.97 Å². The van der Waals surface area contributed by atoms with E-state index < -0.39 is 0 Å². The molecule has 2 heteroatoms. The van der Waals surface area contributed by atoms with Gasteiger partial charge in [-0.05, 0) is 57.7 Å². The molecule has 42 heavy (non-hydrogen) atoms. The van der Waals surface area contributed by atoms with Crippen molar-refractivity contribution in [1.29, 1.82) is 0 Å². The molecular weight excluding hydrogens is 508 g/mol. The molecule has 0 unspecified atom stereocenters. The van der Waals surface area contributed by atoms with E-state index in [-0.39, 0.29) is 0 Å². The third kappa shape index (κ3) is 5.26. The van der Waals surface area contributed by atoms with Gasteiger partial charge >= 0.3 is 0 Å². The van der Waals surface area contributed by atoms with Crippen LogP contribution in [0.2, 0.25) is 0 Å². The minimum atomic E-state index is 0.894. The van der Waals surface area contributed by atoms with Gasteiger partial charge in [-0.3, -0.25) is 0 Å². The first-order valence-corrected chi connectivity index (χ1v) is 14.2. The highest BCUT2D eigenvalue weighted by Crippen LogP contribution is 2.37. The van der Waals surface area contributed by atoms with Crippen molar-refractivity contribution in [2.75, 3.05) is 0 Å². The smallest absolute Gasteiger partial charge is 0.0978 e. The van der Waals surface area contributed by atoms with Crippen LogP contribution in [0.15, 0.2) is 146 Å². The summed E-state index contributed by atoms with van der Waals surface area (Å²) < 4.78 is 0. The molecule has 0 aliphatic rings. The summed E-state index contributed by atoms with van der Waals surface area (Å²) in [6, 6.07) is 50.5. The number of benzene rings is 5. The molecule has 0 fully saturated rings. The van der Waals surface area contributed by atoms with E-state index in [9.17, 15) is 0 Å². The zero-order chi connectivity index (χ0) is 28.1. The molecule has 0 atom stereocenters. The lowest BCUT2D eigenvalue weighted by molar-refractivity contribution is 1.34. The monoisotopic (exact) mass is 536 g/mol. The van der Waals surface area contributed by atoms with Gasteiger partial charge in [0.1, 0.15) is 0 Å². The van der Waals surface area contributed by atoms with Crippen LogP contribution in [0.1, 0.15) is 22.5 Å². The molecule has 5 aromatic carbocycles. The van der Waals surface area contributed by atoms with Gasteiger partial charge in [-0.1, -0.05) is 146 Å². The fraction of sp³-hybridized carbons (Fsp3) is 0. The van der Waals surface area contributed by atoms with Crippen LogP contribution in [0.4, 0.5) is 0 Å². The van der Waals surface area contributed by atoms with Crippen LogP contribution >= 0.6 is 0 Å². The van der Waals surface area contributed by atoms with Gasteiger partial charge in [-0.15, -0.1) is 0 Å². The number of fused-ring (bicyclic) bond motifs is 3. The third-order valence-corrected chi connectivity index (χ3v) is 7.46. The Morgan fingerprint density at radius 2 is 0.714 bits per heavy atom. The Morgan fingerprint density at radius 1 is 0.357 bits per heavy atom. The van der Waals surface area contributed by atoms with Crippen LogP contribution in [-0.2, 0) is 0 Å². The minimum Gasteiger partial charge on any atom is -0.246 e. The SMILES string of the molecule is C(=Cc1cc(-c2ccccc2)c2ccc3c(-c4ccccc4)cc(C=Cc4ccccc4)nc3c2n1)c1ccccc1. The number of nitrogens with zero attached hydrogens (tertiary/aromatic N) is 2. The molecule has 0 aliphatic carbocycles. The quantitative estimate of drug-likeness (QED) is 0.198. The highest BCUT2D eigenvalue weighted by molar-refractivity contribution is 6.12. The Kier molecular flexibility index (Phi) is 6.94. The van der Waals surface area contributed by atoms with Gasteiger partial charge in [0.2, 0.25) is 0 Å². The van der Waals surface area contributed by atoms with Crippen LogP contribution in [0, 0.1) is 0 Å². The van der Waals surface area contributed by atoms with Crippen molar-refractivity contribution in [2.45, 2.75) is 0 Å². The Bertz CT molecular complexity index is 1890. The first-order chi connectivity index (χ1) is 20.8. The zero-order valence-corrected chi connectivity index (χ0v) is 23.1. The largest absolute Gasteiger partial charge is 0.246 e. The second-order valence-electron chi connectivity index (χ2n) is 10.3. The second-order valence-corrected chi connectivity index (χ2v) is 10.3. The molecule has 7 rings (SSSR count). The van der Waals surface area contributed by atoms with Gasteiger partial charge in [0.25, 0.3) is 0 Å². The number of aromatic nitrogens is 2. The topological polar surface area (TPSA) is 25.8 Å². The molecule has 7 aromatic rings. The van der Waals surface area contributed by atoms with Crippen LogP contribution in [-0.4, -0.2) is 9.97 Å². The molecular formula is C40H28N2. The van der Waals surface area contributed by atoms with Gasteiger partial charge in [0.15, 0.2) is 0 Å². The van der Waals surface area contributed by atoms with Crippen molar-refractivity contribution >= 4 is 46.1 Å². The normalized spacial score (nSPS) is 11.6. The zero-order valence-electron chi connectivity index (χ0n) is 23.1. The minimum absolute atomic E-state index is 0.894. The van der Waals surface area contributed by atoms with E-state index in [4.69, 9.17) is 9.97 Å². The van der Waals surface area contributed by atoms with Gasteiger partial charge in [0.05, 0.1) is 22.4 Å². The molecule has 0 amide bonds. The van der Waals surface area contributed by atoms with E-state index in [0.717, 1.165) is 66.6 Å². The number of rotatable bonds is 6. The highest BCUT2D eigenvalue weighted by atomic mass is 14.8. The standard InChI is InChI=1S/C40H28N2/c1-5-13-29(14-6-1)21-23-33-27-37(31-17-9-3-10-18-31)35-25-26-36-38(32-19-11-4-12-20-32)28-34(42-40(36)39(35)41-33)24-22-30-15-7-2-8-16-30/h1-28H. The van der Waals surface area contributed by atoms with Crippen LogP contribution in [0.3, 0.4) is 0 Å². The molecule has 0 saturated carbocycles. The molecule has 2 heterocycles. The Labute approximate surface area is 246 Å². The summed E-state index contributed by atoms with van der Waals surface area (Å²) >= 11 is 0. The van der Waals surface area contributed by atoms with Gasteiger partial charge in [0, 0.05) is 10.8 Å². The maximum absolute atomic E-state index is 5.23. The van der Waals surface area contributed by atoms with Crippen molar-refractivity contribution in [3.05, 3.63) is 168 Å².